The van der Waals surface area contributed by atoms with E-state index in [1.54, 1.807) is 0 Å². The van der Waals surface area contributed by atoms with Crippen molar-refractivity contribution in [3.8, 4) is 23.5 Å². The zero-order valence-corrected chi connectivity index (χ0v) is 9.35. The van der Waals surface area contributed by atoms with Crippen LogP contribution in [0.25, 0.3) is 0 Å². The van der Waals surface area contributed by atoms with Gasteiger partial charge in [0.15, 0.2) is 10.1 Å². The van der Waals surface area contributed by atoms with Crippen molar-refractivity contribution < 1.29 is 47.3 Å². The molecule has 0 amide bonds. The molecule has 0 saturated carbocycles. The largest absolute Gasteiger partial charge is 1.00 e. The van der Waals surface area contributed by atoms with Gasteiger partial charge in [-0.05, 0) is 0 Å². The van der Waals surface area contributed by atoms with Gasteiger partial charge in [-0.25, -0.2) is 8.42 Å². The van der Waals surface area contributed by atoms with Crippen LogP contribution in [0.5, 0.6) is 0 Å². The summed E-state index contributed by atoms with van der Waals surface area (Å²) < 4.78 is 34.1. The van der Waals surface area contributed by atoms with Crippen LogP contribution < -0.4 is 29.6 Å². The van der Waals surface area contributed by atoms with Gasteiger partial charge < -0.3 is 9.29 Å². The minimum Gasteiger partial charge on any atom is -0.738 e. The molecule has 0 bridgehead atoms. The van der Waals surface area contributed by atoms with E-state index in [0.29, 0.717) is 0 Å². The van der Waals surface area contributed by atoms with E-state index >= 15 is 0 Å². The van der Waals surface area contributed by atoms with Gasteiger partial charge in [0, 0.05) is 5.25 Å². The Bertz CT molecular complexity index is 303. The molecule has 0 heterocycles. The van der Waals surface area contributed by atoms with E-state index in [0.717, 1.165) is 0 Å². The molecule has 12 heavy (non-hydrogen) atoms. The molecule has 0 aliphatic carbocycles. The standard InChI is InChI=1S/C6H6O4S.Na/c1-2-4-10-5-3-6-11(7,8)9;/h1H,4-5H2,(H,7,8,9);/q;+1/p-1. The summed E-state index contributed by atoms with van der Waals surface area (Å²) in [6, 6.07) is 0. The Kier molecular flexibility index (Phi) is 9.23. The van der Waals surface area contributed by atoms with Crippen molar-refractivity contribution in [2.24, 2.45) is 0 Å². The monoisotopic (exact) mass is 196 g/mol. The number of ether oxygens (including phenoxy) is 1. The number of hydrogen-bond donors (Lipinski definition) is 0. The Morgan fingerprint density at radius 2 is 2.00 bits per heavy atom. The van der Waals surface area contributed by atoms with Crippen molar-refractivity contribution in [2.75, 3.05) is 13.2 Å². The molecule has 0 N–H and O–H groups in total. The minimum absolute atomic E-state index is 0. The summed E-state index contributed by atoms with van der Waals surface area (Å²) in [6.07, 6.45) is 4.79. The summed E-state index contributed by atoms with van der Waals surface area (Å²) in [5.41, 5.74) is 0. The van der Waals surface area contributed by atoms with Crippen molar-refractivity contribution in [3.05, 3.63) is 0 Å². The average molecular weight is 196 g/mol. The van der Waals surface area contributed by atoms with Gasteiger partial charge in [-0.3, -0.25) is 0 Å². The van der Waals surface area contributed by atoms with Crippen LogP contribution in [0.4, 0.5) is 0 Å². The molecular weight excluding hydrogens is 191 g/mol. The van der Waals surface area contributed by atoms with E-state index in [1.165, 1.54) is 5.25 Å². The van der Waals surface area contributed by atoms with Gasteiger partial charge in [-0.1, -0.05) is 11.8 Å². The van der Waals surface area contributed by atoms with Gasteiger partial charge in [0.25, 0.3) is 0 Å². The molecule has 0 unspecified atom stereocenters. The fraction of sp³-hybridized carbons (Fsp3) is 0.333. The first-order chi connectivity index (χ1) is 5.06. The van der Waals surface area contributed by atoms with Gasteiger partial charge in [0.2, 0.25) is 0 Å². The van der Waals surface area contributed by atoms with Crippen LogP contribution in [-0.2, 0) is 14.9 Å². The molecule has 0 saturated heterocycles. The maximum atomic E-state index is 9.84. The van der Waals surface area contributed by atoms with Gasteiger partial charge in [0.1, 0.15) is 13.2 Å². The van der Waals surface area contributed by atoms with Crippen molar-refractivity contribution in [2.45, 2.75) is 0 Å². The Morgan fingerprint density at radius 1 is 1.42 bits per heavy atom. The summed E-state index contributed by atoms with van der Waals surface area (Å²) in [6.45, 7) is -0.0980. The molecule has 6 heteroatoms. The molecular formula is C6H5NaO4S. The van der Waals surface area contributed by atoms with Gasteiger partial charge in [-0.15, -0.1) is 6.42 Å². The zero-order valence-electron chi connectivity index (χ0n) is 6.53. The molecule has 0 aromatic rings. The molecule has 0 aliphatic heterocycles. The molecule has 0 atom stereocenters. The van der Waals surface area contributed by atoms with Crippen LogP contribution in [0.3, 0.4) is 0 Å². The Morgan fingerprint density at radius 3 is 2.42 bits per heavy atom. The van der Waals surface area contributed by atoms with Gasteiger partial charge in [-0.2, -0.15) is 0 Å². The third-order valence-corrected chi connectivity index (χ3v) is 0.951. The molecule has 0 rings (SSSR count). The Hall–Kier alpha value is -0.0100. The van der Waals surface area contributed by atoms with Crippen molar-refractivity contribution in [3.63, 3.8) is 0 Å². The van der Waals surface area contributed by atoms with Crippen LogP contribution in [0, 0.1) is 23.5 Å². The van der Waals surface area contributed by atoms with E-state index in [-0.39, 0.29) is 42.8 Å². The second kappa shape index (κ2) is 7.63. The van der Waals surface area contributed by atoms with Gasteiger partial charge in [0.05, 0.1) is 0 Å². The minimum atomic E-state index is -4.45. The molecule has 0 radical (unpaired) electrons. The number of rotatable bonds is 2. The van der Waals surface area contributed by atoms with Crippen LogP contribution in [0.15, 0.2) is 0 Å². The van der Waals surface area contributed by atoms with E-state index in [9.17, 15) is 13.0 Å². The molecule has 0 aromatic carbocycles. The third kappa shape index (κ3) is 12.6. The zero-order chi connectivity index (χ0) is 8.74. The SMILES string of the molecule is C#CCOCC#CS(=O)(=O)[O-].[Na+]. The fourth-order valence-corrected chi connectivity index (χ4v) is 0.515. The first kappa shape index (κ1) is 14.5. The topological polar surface area (TPSA) is 66.4 Å². The van der Waals surface area contributed by atoms with Crippen molar-refractivity contribution >= 4 is 10.1 Å². The molecule has 0 aliphatic rings. The van der Waals surface area contributed by atoms with Crippen LogP contribution in [0.1, 0.15) is 0 Å². The summed E-state index contributed by atoms with van der Waals surface area (Å²) >= 11 is 0. The molecule has 60 valence electrons. The Labute approximate surface area is 93.7 Å². The fourth-order valence-electron chi connectivity index (χ4n) is 0.279. The van der Waals surface area contributed by atoms with Crippen LogP contribution >= 0.6 is 0 Å². The molecule has 0 fully saturated rings. The first-order valence-electron chi connectivity index (χ1n) is 2.53. The third-order valence-electron chi connectivity index (χ3n) is 0.557. The maximum absolute atomic E-state index is 9.84. The molecule has 4 nitrogen and oxygen atoms in total. The summed E-state index contributed by atoms with van der Waals surface area (Å²) in [5, 5.41) is 1.45. The Balaban J connectivity index is 0. The first-order valence-corrected chi connectivity index (χ1v) is 3.94. The maximum Gasteiger partial charge on any atom is 1.00 e. The summed E-state index contributed by atoms with van der Waals surface area (Å²) in [5.74, 6) is 4.14. The molecule has 0 aromatic heterocycles. The van der Waals surface area contributed by atoms with Crippen LogP contribution in [0.2, 0.25) is 0 Å². The quantitative estimate of drug-likeness (QED) is 0.196. The van der Waals surface area contributed by atoms with Gasteiger partial charge >= 0.3 is 29.6 Å². The predicted molar refractivity (Wildman–Crippen MR) is 37.1 cm³/mol. The smallest absolute Gasteiger partial charge is 0.738 e. The van der Waals surface area contributed by atoms with E-state index < -0.39 is 10.1 Å². The van der Waals surface area contributed by atoms with Crippen LogP contribution in [-0.4, -0.2) is 26.2 Å². The van der Waals surface area contributed by atoms with Crippen molar-refractivity contribution in [1.82, 2.24) is 0 Å². The molecule has 0 spiro atoms. The summed E-state index contributed by atoms with van der Waals surface area (Å²) in [7, 11) is -4.45. The van der Waals surface area contributed by atoms with E-state index in [2.05, 4.69) is 10.7 Å². The second-order valence-electron chi connectivity index (χ2n) is 1.43. The summed E-state index contributed by atoms with van der Waals surface area (Å²) in [4.78, 5) is 0. The number of terminal acetylenes is 1. The van der Waals surface area contributed by atoms with E-state index in [4.69, 9.17) is 6.42 Å². The normalized spacial score (nSPS) is 8.67. The second-order valence-corrected chi connectivity index (χ2v) is 2.54. The van der Waals surface area contributed by atoms with E-state index in [1.807, 2.05) is 5.92 Å². The predicted octanol–water partition coefficient (Wildman–Crippen LogP) is -3.85. The van der Waals surface area contributed by atoms with Crippen molar-refractivity contribution in [1.29, 1.82) is 0 Å². The average Bonchev–Trinajstić information content (AvgIpc) is 1.85. The number of hydrogen-bond acceptors (Lipinski definition) is 4.